The van der Waals surface area contributed by atoms with Gasteiger partial charge in [-0.2, -0.15) is 0 Å². The summed E-state index contributed by atoms with van der Waals surface area (Å²) >= 11 is 7.23. The van der Waals surface area contributed by atoms with E-state index >= 15 is 0 Å². The van der Waals surface area contributed by atoms with Crippen LogP contribution >= 0.6 is 38.6 Å². The van der Waals surface area contributed by atoms with Gasteiger partial charge < -0.3 is 18.7 Å². The number of pyridine rings is 2. The Morgan fingerprint density at radius 3 is 1.11 bits per heavy atom. The van der Waals surface area contributed by atoms with Crippen molar-refractivity contribution in [2.75, 3.05) is 0 Å². The number of benzene rings is 20. The highest BCUT2D eigenvalue weighted by Gasteiger charge is 2.27. The third-order valence-electron chi connectivity index (χ3n) is 26.5. The summed E-state index contributed by atoms with van der Waals surface area (Å²) in [5.74, 6) is 0. The van der Waals surface area contributed by atoms with E-state index in [0.29, 0.717) is 0 Å². The Hall–Kier alpha value is -16.1. The van der Waals surface area contributed by atoms with Crippen molar-refractivity contribution in [3.05, 3.63) is 454 Å². The number of thiophene rings is 2. The number of nitrogens with one attached hydrogen (secondary N) is 1. The normalized spacial score (nSPS) is 11.9. The summed E-state index contributed by atoms with van der Waals surface area (Å²) in [4.78, 5) is 12.8. The minimum absolute atomic E-state index is 0.990. The molecule has 0 unspecified atom stereocenters. The van der Waals surface area contributed by atoms with Crippen LogP contribution in [0, 0.1) is 0 Å². The molecule has 0 aliphatic rings. The average Bonchev–Trinajstić information content (AvgIpc) is 1.53. The minimum atomic E-state index is 0.990. The summed E-state index contributed by atoms with van der Waals surface area (Å²) in [5.41, 5.74) is 29.5. The number of aromatic amines is 1. The van der Waals surface area contributed by atoms with Crippen molar-refractivity contribution in [1.29, 1.82) is 0 Å². The van der Waals surface area contributed by atoms with E-state index in [1.807, 2.05) is 59.2 Å². The zero-order valence-electron chi connectivity index (χ0n) is 70.7. The second kappa shape index (κ2) is 31.1. The first-order valence-corrected chi connectivity index (χ1v) is 46.8. The lowest BCUT2D eigenvalue weighted by atomic mass is 9.97. The van der Waals surface area contributed by atoms with Crippen LogP contribution in [0.2, 0.25) is 0 Å². The Kier molecular flexibility index (Phi) is 18.1. The molecule has 0 radical (unpaired) electrons. The van der Waals surface area contributed by atoms with E-state index in [9.17, 15) is 0 Å². The molecule has 0 bridgehead atoms. The molecule has 0 atom stereocenters. The van der Waals surface area contributed by atoms with Crippen molar-refractivity contribution in [3.63, 3.8) is 0 Å². The summed E-state index contributed by atoms with van der Waals surface area (Å²) in [6.07, 6.45) is 3.68. The lowest BCUT2D eigenvalue weighted by Crippen LogP contribution is -1.96. The molecule has 6 nitrogen and oxygen atoms in total. The van der Waals surface area contributed by atoms with Gasteiger partial charge in [0.1, 0.15) is 0 Å². The quantitative estimate of drug-likeness (QED) is 0.157. The van der Waals surface area contributed by atoms with Gasteiger partial charge in [-0.25, -0.2) is 0 Å². The van der Waals surface area contributed by atoms with Crippen LogP contribution in [0.25, 0.3) is 255 Å². The number of fused-ring (bicyclic) bond motifs is 28. The maximum atomic E-state index is 4.71. The molecule has 8 aromatic heterocycles. The van der Waals surface area contributed by atoms with Gasteiger partial charge in [-0.1, -0.05) is 307 Å². The molecule has 0 aliphatic heterocycles. The van der Waals surface area contributed by atoms with Crippen molar-refractivity contribution in [3.8, 4) is 83.8 Å². The van der Waals surface area contributed by atoms with Crippen molar-refractivity contribution in [1.82, 2.24) is 28.7 Å². The van der Waals surface area contributed by atoms with Crippen molar-refractivity contribution < 1.29 is 0 Å². The van der Waals surface area contributed by atoms with Gasteiger partial charge in [0.2, 0.25) is 0 Å². The lowest BCUT2D eigenvalue weighted by molar-refractivity contribution is 1.18. The van der Waals surface area contributed by atoms with Crippen molar-refractivity contribution in [2.24, 2.45) is 0 Å². The topological polar surface area (TPSA) is 56.4 Å². The molecule has 8 heterocycles. The smallest absolute Gasteiger partial charge is 0.0703 e. The zero-order chi connectivity index (χ0) is 86.3. The summed E-state index contributed by atoms with van der Waals surface area (Å²) in [6, 6.07) is 159. The molecule has 9 heteroatoms. The molecule has 28 aromatic rings. The van der Waals surface area contributed by atoms with Gasteiger partial charge in [-0.15, -0.1) is 22.7 Å². The Morgan fingerprint density at radius 1 is 0.221 bits per heavy atom. The molecule has 0 amide bonds. The standard InChI is InChI=1S/C61H37N3S.C52H32N2S.C9H6BrN/c1-4-15-38(16-5-1)41-26-29-55-51(35-41)58-48-23-10-11-24-49(48)61-59(60(58)64(55)45-27-28-53-42(32-45)21-14-30-62-53)52-36-50-47-22-12-13-25-54(47)63(56(50)37-57(52)65-61)46-33-43(39-17-6-2-7-18-39)31-44(34-46)40-19-8-3-9-20-40;1-4-14-32(15-5-1)35-24-25-45-43(29-35)49-40-21-10-11-22-41(40)52-50(51(49)53-45)44-30-42-39-20-12-13-23-46(39)54(47(42)31-48(44)55-52)38-27-36(33-16-6-2-7-17-33)26-37(28-38)34-18-8-3-9-19-34;10-8-3-4-9-7(6-8)2-1-5-11-9/h1-37H;1-31,53H;1-6H. The fourth-order valence-electron chi connectivity index (χ4n) is 20.6. The van der Waals surface area contributed by atoms with Gasteiger partial charge in [0.25, 0.3) is 0 Å². The molecule has 1 N–H and O–H groups in total. The predicted octanol–water partition coefficient (Wildman–Crippen LogP) is 34.9. The molecule has 612 valence electrons. The maximum absolute atomic E-state index is 4.71. The van der Waals surface area contributed by atoms with Gasteiger partial charge >= 0.3 is 0 Å². The number of hydrogen-bond donors (Lipinski definition) is 1. The van der Waals surface area contributed by atoms with E-state index < -0.39 is 0 Å². The highest BCUT2D eigenvalue weighted by molar-refractivity contribution is 9.10. The second-order valence-corrected chi connectivity index (χ2v) is 37.0. The SMILES string of the molecule is Brc1ccc2ncccc2c1.c1ccc(-c2cc(-c3ccccc3)cc(-n3c4ccccc4c4cc5c(cc43)sc3c4ccccc4c4c6cc(-c7ccccc7)ccc6[nH]c4c53)c2)cc1.c1ccc(-c2cc(-c3ccccc3)cc(-n3c4ccccc4c4cc5c(cc43)sc3c4ccccc4c4c6cc(-c7ccccc7)ccc6n(-c6ccc7ncccc7c6)c4c53)c2)cc1. The average molecular weight is 1770 g/mol. The van der Waals surface area contributed by atoms with Crippen LogP contribution in [0.4, 0.5) is 0 Å². The number of rotatable bonds is 9. The summed E-state index contributed by atoms with van der Waals surface area (Å²) in [6.45, 7) is 0. The summed E-state index contributed by atoms with van der Waals surface area (Å²) < 4.78 is 13.8. The Balaban J connectivity index is 0.000000124. The van der Waals surface area contributed by atoms with E-state index in [4.69, 9.17) is 4.98 Å². The van der Waals surface area contributed by atoms with Crippen LogP contribution in [0.15, 0.2) is 454 Å². The molecule has 28 rings (SSSR count). The van der Waals surface area contributed by atoms with Crippen LogP contribution in [0.1, 0.15) is 0 Å². The molecule has 131 heavy (non-hydrogen) atoms. The first kappa shape index (κ1) is 76.1. The first-order valence-electron chi connectivity index (χ1n) is 44.4. The highest BCUT2D eigenvalue weighted by Crippen LogP contribution is 2.53. The summed E-state index contributed by atoms with van der Waals surface area (Å²) in [5, 5.41) is 22.7. The van der Waals surface area contributed by atoms with Crippen LogP contribution in [0.5, 0.6) is 0 Å². The Labute approximate surface area is 769 Å². The summed E-state index contributed by atoms with van der Waals surface area (Å²) in [7, 11) is 0. The van der Waals surface area contributed by atoms with Gasteiger partial charge in [0.05, 0.1) is 49.7 Å². The van der Waals surface area contributed by atoms with Crippen molar-refractivity contribution in [2.45, 2.75) is 0 Å². The second-order valence-electron chi connectivity index (χ2n) is 34.0. The zero-order valence-corrected chi connectivity index (χ0v) is 73.9. The Morgan fingerprint density at radius 2 is 0.618 bits per heavy atom. The van der Waals surface area contributed by atoms with E-state index in [1.165, 1.54) is 216 Å². The number of para-hydroxylation sites is 2. The predicted molar refractivity (Wildman–Crippen MR) is 563 cm³/mol. The molecule has 0 fully saturated rings. The van der Waals surface area contributed by atoms with Crippen LogP contribution in [0.3, 0.4) is 0 Å². The molecular formula is C122H75BrN6S2. The van der Waals surface area contributed by atoms with E-state index in [1.54, 1.807) is 6.20 Å². The van der Waals surface area contributed by atoms with Crippen LogP contribution < -0.4 is 0 Å². The third kappa shape index (κ3) is 12.8. The highest BCUT2D eigenvalue weighted by atomic mass is 79.9. The molecule has 0 saturated carbocycles. The van der Waals surface area contributed by atoms with E-state index in [0.717, 1.165) is 43.5 Å². The fraction of sp³-hybridized carbons (Fsp3) is 0. The largest absolute Gasteiger partial charge is 0.354 e. The lowest BCUT2D eigenvalue weighted by Gasteiger charge is -2.14. The number of aromatic nitrogens is 6. The van der Waals surface area contributed by atoms with Gasteiger partial charge in [-0.3, -0.25) is 9.97 Å². The minimum Gasteiger partial charge on any atom is -0.354 e. The molecular weight excluding hydrogens is 1690 g/mol. The van der Waals surface area contributed by atoms with Gasteiger partial charge in [0, 0.05) is 144 Å². The van der Waals surface area contributed by atoms with E-state index in [-0.39, 0.29) is 0 Å². The maximum Gasteiger partial charge on any atom is 0.0703 e. The molecule has 20 aromatic carbocycles. The molecule has 0 saturated heterocycles. The fourth-order valence-corrected chi connectivity index (χ4v) is 23.5. The van der Waals surface area contributed by atoms with Gasteiger partial charge in [-0.05, 0) is 223 Å². The van der Waals surface area contributed by atoms with E-state index in [2.05, 4.69) is 446 Å². The molecule has 0 spiro atoms. The van der Waals surface area contributed by atoms with Crippen molar-refractivity contribution >= 4 is 210 Å². The number of hydrogen-bond acceptors (Lipinski definition) is 4. The van der Waals surface area contributed by atoms with Gasteiger partial charge in [0.15, 0.2) is 0 Å². The molecule has 0 aliphatic carbocycles. The number of nitrogens with zero attached hydrogens (tertiary/aromatic N) is 5. The Bertz CT molecular complexity index is 9370. The van der Waals surface area contributed by atoms with Crippen LogP contribution in [-0.4, -0.2) is 28.7 Å². The monoisotopic (exact) mass is 1770 g/mol. The number of H-pyrrole nitrogens is 1. The number of halogens is 1. The van der Waals surface area contributed by atoms with Crippen LogP contribution in [-0.2, 0) is 0 Å². The third-order valence-corrected chi connectivity index (χ3v) is 29.4. The first-order chi connectivity index (χ1) is 64.9.